The van der Waals surface area contributed by atoms with Crippen molar-refractivity contribution in [2.45, 2.75) is 32.0 Å². The quantitative estimate of drug-likeness (QED) is 0.815. The summed E-state index contributed by atoms with van der Waals surface area (Å²) in [6.45, 7) is -0.846. The van der Waals surface area contributed by atoms with Crippen molar-refractivity contribution in [3.63, 3.8) is 0 Å². The van der Waals surface area contributed by atoms with Gasteiger partial charge in [0.05, 0.1) is 18.9 Å². The minimum Gasteiger partial charge on any atom is -0.376 e. The van der Waals surface area contributed by atoms with Gasteiger partial charge in [0, 0.05) is 19.0 Å². The summed E-state index contributed by atoms with van der Waals surface area (Å²) < 4.78 is 59.4. The number of hydrogen-bond donors (Lipinski definition) is 1. The van der Waals surface area contributed by atoms with E-state index in [9.17, 15) is 17.6 Å². The van der Waals surface area contributed by atoms with Crippen LogP contribution in [0.25, 0.3) is 0 Å². The lowest BCUT2D eigenvalue weighted by Gasteiger charge is -2.19. The number of fused-ring (bicyclic) bond motifs is 1. The van der Waals surface area contributed by atoms with Crippen LogP contribution in [0.3, 0.4) is 0 Å². The summed E-state index contributed by atoms with van der Waals surface area (Å²) in [5.41, 5.74) is 1.56. The molecule has 0 spiro atoms. The fourth-order valence-electron chi connectivity index (χ4n) is 1.90. The Kier molecular flexibility index (Phi) is 4.94. The Morgan fingerprint density at radius 1 is 1.38 bits per heavy atom. The first-order valence-corrected chi connectivity index (χ1v) is 6.32. The zero-order valence-electron chi connectivity index (χ0n) is 11.3. The Morgan fingerprint density at radius 3 is 2.81 bits per heavy atom. The second kappa shape index (κ2) is 6.52. The number of hydrogen-bond acceptors (Lipinski definition) is 5. The molecule has 118 valence electrons. The van der Waals surface area contributed by atoms with Crippen molar-refractivity contribution >= 4 is 5.82 Å². The summed E-state index contributed by atoms with van der Waals surface area (Å²) in [7, 11) is 1.66. The van der Waals surface area contributed by atoms with Crippen LogP contribution in [0.5, 0.6) is 0 Å². The molecule has 1 aliphatic rings. The van der Waals surface area contributed by atoms with Crippen molar-refractivity contribution in [3.05, 3.63) is 17.1 Å². The molecule has 0 unspecified atom stereocenters. The second-order valence-electron chi connectivity index (χ2n) is 4.52. The highest BCUT2D eigenvalue weighted by Gasteiger charge is 2.41. The fourth-order valence-corrected chi connectivity index (χ4v) is 1.90. The van der Waals surface area contributed by atoms with Crippen LogP contribution in [-0.4, -0.2) is 42.6 Å². The molecule has 1 aromatic rings. The van der Waals surface area contributed by atoms with Crippen LogP contribution in [0.15, 0.2) is 0 Å². The molecule has 0 aliphatic carbocycles. The highest BCUT2D eigenvalue weighted by molar-refractivity contribution is 5.46. The molecular weight excluding hydrogens is 294 g/mol. The first kappa shape index (κ1) is 15.9. The van der Waals surface area contributed by atoms with Gasteiger partial charge in [-0.3, -0.25) is 0 Å². The number of nitrogens with one attached hydrogen (secondary N) is 1. The van der Waals surface area contributed by atoms with Gasteiger partial charge in [-0.25, -0.2) is 18.7 Å². The zero-order valence-corrected chi connectivity index (χ0v) is 11.3. The van der Waals surface area contributed by atoms with Gasteiger partial charge in [-0.1, -0.05) is 0 Å². The van der Waals surface area contributed by atoms with E-state index < -0.39 is 19.0 Å². The van der Waals surface area contributed by atoms with Crippen molar-refractivity contribution < 1.29 is 27.0 Å². The molecule has 0 radical (unpaired) electrons. The third kappa shape index (κ3) is 3.79. The lowest BCUT2D eigenvalue weighted by molar-refractivity contribution is -0.168. The monoisotopic (exact) mass is 309 g/mol. The minimum absolute atomic E-state index is 0.171. The van der Waals surface area contributed by atoms with E-state index in [2.05, 4.69) is 20.0 Å². The molecule has 1 aromatic heterocycles. The molecule has 2 rings (SSSR count). The van der Waals surface area contributed by atoms with Gasteiger partial charge in [-0.05, 0) is 0 Å². The molecule has 0 saturated carbocycles. The molecule has 1 aliphatic heterocycles. The van der Waals surface area contributed by atoms with Crippen molar-refractivity contribution in [1.82, 2.24) is 9.97 Å². The number of anilines is 1. The van der Waals surface area contributed by atoms with E-state index in [1.807, 2.05) is 0 Å². The minimum atomic E-state index is -4.17. The molecule has 0 atom stereocenters. The van der Waals surface area contributed by atoms with E-state index in [1.165, 1.54) is 0 Å². The van der Waals surface area contributed by atoms with Crippen LogP contribution in [0.2, 0.25) is 0 Å². The van der Waals surface area contributed by atoms with E-state index in [4.69, 9.17) is 4.74 Å². The molecule has 2 heterocycles. The van der Waals surface area contributed by atoms with Crippen LogP contribution >= 0.6 is 0 Å². The molecule has 5 nitrogen and oxygen atoms in total. The normalized spacial score (nSPS) is 15.1. The maximum Gasteiger partial charge on any atom is 0.330 e. The standard InChI is InChI=1S/C12H15F4N3O2/c1-17-10-7-4-20-3-2-8(7)18-9(19-10)5-21-6-12(15,16)11(13)14/h11H,2-6H2,1H3,(H,17,18,19). The van der Waals surface area contributed by atoms with E-state index >= 15 is 0 Å². The van der Waals surface area contributed by atoms with Crippen molar-refractivity contribution in [3.8, 4) is 0 Å². The number of rotatable bonds is 6. The fraction of sp³-hybridized carbons (Fsp3) is 0.667. The Labute approximate surface area is 118 Å². The SMILES string of the molecule is CNc1nc(COCC(F)(F)C(F)F)nc2c1COCC2. The largest absolute Gasteiger partial charge is 0.376 e. The topological polar surface area (TPSA) is 56.3 Å². The maximum absolute atomic E-state index is 12.7. The summed E-state index contributed by atoms with van der Waals surface area (Å²) in [4.78, 5) is 8.31. The predicted octanol–water partition coefficient (Wildman–Crippen LogP) is 2.01. The van der Waals surface area contributed by atoms with Gasteiger partial charge in [-0.15, -0.1) is 0 Å². The van der Waals surface area contributed by atoms with Crippen LogP contribution < -0.4 is 5.32 Å². The third-order valence-corrected chi connectivity index (χ3v) is 2.95. The Bertz CT molecular complexity index is 482. The highest BCUT2D eigenvalue weighted by Crippen LogP contribution is 2.24. The molecule has 0 bridgehead atoms. The molecule has 0 fully saturated rings. The van der Waals surface area contributed by atoms with Crippen molar-refractivity contribution in [2.75, 3.05) is 25.6 Å². The summed E-state index contributed by atoms with van der Waals surface area (Å²) in [5, 5.41) is 2.87. The van der Waals surface area contributed by atoms with Crippen molar-refractivity contribution in [2.24, 2.45) is 0 Å². The molecule has 9 heteroatoms. The maximum atomic E-state index is 12.7. The average Bonchev–Trinajstić information content (AvgIpc) is 2.46. The van der Waals surface area contributed by atoms with Gasteiger partial charge in [0.15, 0.2) is 5.82 Å². The van der Waals surface area contributed by atoms with Gasteiger partial charge in [-0.2, -0.15) is 8.78 Å². The highest BCUT2D eigenvalue weighted by atomic mass is 19.3. The predicted molar refractivity (Wildman–Crippen MR) is 65.5 cm³/mol. The Morgan fingerprint density at radius 2 is 2.14 bits per heavy atom. The van der Waals surface area contributed by atoms with Gasteiger partial charge >= 0.3 is 12.3 Å². The number of ether oxygens (including phenoxy) is 2. The third-order valence-electron chi connectivity index (χ3n) is 2.95. The van der Waals surface area contributed by atoms with Gasteiger partial charge in [0.2, 0.25) is 0 Å². The average molecular weight is 309 g/mol. The summed E-state index contributed by atoms with van der Waals surface area (Å²) in [6.07, 6.45) is -3.18. The van der Waals surface area contributed by atoms with Crippen LogP contribution in [-0.2, 0) is 29.1 Å². The van der Waals surface area contributed by atoms with Crippen LogP contribution in [0.4, 0.5) is 23.4 Å². The van der Waals surface area contributed by atoms with Gasteiger partial charge in [0.1, 0.15) is 19.0 Å². The molecule has 1 N–H and O–H groups in total. The molecule has 21 heavy (non-hydrogen) atoms. The number of aromatic nitrogens is 2. The summed E-state index contributed by atoms with van der Waals surface area (Å²) >= 11 is 0. The molecular formula is C12H15F4N3O2. The van der Waals surface area contributed by atoms with E-state index in [-0.39, 0.29) is 12.4 Å². The lowest BCUT2D eigenvalue weighted by atomic mass is 10.1. The first-order valence-electron chi connectivity index (χ1n) is 6.32. The number of alkyl halides is 4. The first-order chi connectivity index (χ1) is 9.94. The second-order valence-corrected chi connectivity index (χ2v) is 4.52. The van der Waals surface area contributed by atoms with E-state index in [0.717, 1.165) is 11.3 Å². The van der Waals surface area contributed by atoms with Gasteiger partial charge < -0.3 is 14.8 Å². The van der Waals surface area contributed by atoms with Crippen LogP contribution in [0, 0.1) is 0 Å². The van der Waals surface area contributed by atoms with Gasteiger partial charge in [0.25, 0.3) is 0 Å². The van der Waals surface area contributed by atoms with Crippen LogP contribution in [0.1, 0.15) is 17.1 Å². The zero-order chi connectivity index (χ0) is 15.5. The number of halogens is 4. The molecule has 0 aromatic carbocycles. The smallest absolute Gasteiger partial charge is 0.330 e. The van der Waals surface area contributed by atoms with E-state index in [1.54, 1.807) is 7.05 Å². The summed E-state index contributed by atoms with van der Waals surface area (Å²) in [5.74, 6) is -3.47. The molecule has 0 saturated heterocycles. The Hall–Kier alpha value is -1.48. The van der Waals surface area contributed by atoms with Crippen molar-refractivity contribution in [1.29, 1.82) is 0 Å². The number of nitrogens with zero attached hydrogens (tertiary/aromatic N) is 2. The van der Waals surface area contributed by atoms with E-state index in [0.29, 0.717) is 25.5 Å². The lowest BCUT2D eigenvalue weighted by Crippen LogP contribution is -2.32. The molecule has 0 amide bonds. The summed E-state index contributed by atoms with van der Waals surface area (Å²) in [6, 6.07) is 0. The Balaban J connectivity index is 2.04.